The molecule has 0 aliphatic carbocycles. The average Bonchev–Trinajstić information content (AvgIpc) is 3.40. The van der Waals surface area contributed by atoms with Crippen molar-refractivity contribution in [2.24, 2.45) is 0 Å². The zero-order valence-electron chi connectivity index (χ0n) is 14.8. The van der Waals surface area contributed by atoms with Crippen LogP contribution in [0.1, 0.15) is 42.3 Å². The minimum absolute atomic E-state index is 0.284. The van der Waals surface area contributed by atoms with Gasteiger partial charge in [0.1, 0.15) is 11.6 Å². The highest BCUT2D eigenvalue weighted by Gasteiger charge is 2.20. The number of hydrogen-bond acceptors (Lipinski definition) is 5. The molecule has 2 aliphatic heterocycles. The molecule has 0 unspecified atom stereocenters. The van der Waals surface area contributed by atoms with Gasteiger partial charge in [0.15, 0.2) is 17.3 Å². The normalized spacial score (nSPS) is 16.0. The van der Waals surface area contributed by atoms with Gasteiger partial charge in [-0.15, -0.1) is 10.2 Å². The van der Waals surface area contributed by atoms with E-state index in [1.165, 1.54) is 5.56 Å². The van der Waals surface area contributed by atoms with Crippen LogP contribution in [0.4, 0.5) is 0 Å². The van der Waals surface area contributed by atoms with E-state index in [0.717, 1.165) is 54.8 Å². The summed E-state index contributed by atoms with van der Waals surface area (Å²) in [6.07, 6.45) is 6.99. The number of hydrogen-bond donors (Lipinski definition) is 0. The molecule has 2 aromatic heterocycles. The Hall–Kier alpha value is -2.83. The summed E-state index contributed by atoms with van der Waals surface area (Å²) in [4.78, 5) is 4.61. The molecule has 0 N–H and O–H groups in total. The Morgan fingerprint density at radius 1 is 1.19 bits per heavy atom. The first-order valence-electron chi connectivity index (χ1n) is 9.08. The van der Waals surface area contributed by atoms with E-state index in [9.17, 15) is 0 Å². The molecule has 5 rings (SSSR count). The van der Waals surface area contributed by atoms with Crippen molar-refractivity contribution in [2.75, 3.05) is 6.79 Å². The first-order valence-corrected chi connectivity index (χ1v) is 9.08. The molecule has 0 saturated heterocycles. The van der Waals surface area contributed by atoms with Crippen molar-refractivity contribution >= 4 is 0 Å². The molecule has 1 atom stereocenters. The smallest absolute Gasteiger partial charge is 0.231 e. The summed E-state index contributed by atoms with van der Waals surface area (Å²) >= 11 is 0. The molecule has 0 radical (unpaired) electrons. The predicted molar refractivity (Wildman–Crippen MR) is 94.4 cm³/mol. The van der Waals surface area contributed by atoms with Crippen molar-refractivity contribution in [3.8, 4) is 11.5 Å². The first-order chi connectivity index (χ1) is 12.8. The standard InChI is InChI=1S/C19H21N5O2/c1-13(9-14-4-5-15-16(10-14)26-12-25-15)19-20-6-8-23(19)11-18-22-21-17-3-2-7-24(17)18/h4-6,8,10,13H,2-3,7,9,11-12H2,1H3/t13-/m1/s1. The van der Waals surface area contributed by atoms with Gasteiger partial charge in [-0.25, -0.2) is 4.98 Å². The van der Waals surface area contributed by atoms with E-state index < -0.39 is 0 Å². The van der Waals surface area contributed by atoms with Gasteiger partial charge < -0.3 is 18.6 Å². The highest BCUT2D eigenvalue weighted by molar-refractivity contribution is 5.44. The van der Waals surface area contributed by atoms with Gasteiger partial charge in [0, 0.05) is 31.3 Å². The van der Waals surface area contributed by atoms with Gasteiger partial charge in [-0.05, 0) is 30.5 Å². The van der Waals surface area contributed by atoms with Crippen LogP contribution in [0.5, 0.6) is 11.5 Å². The summed E-state index contributed by atoms with van der Waals surface area (Å²) < 4.78 is 15.3. The Bertz CT molecular complexity index is 945. The maximum absolute atomic E-state index is 5.49. The van der Waals surface area contributed by atoms with Gasteiger partial charge in [0.25, 0.3) is 0 Å². The third kappa shape index (κ3) is 2.64. The van der Waals surface area contributed by atoms with E-state index in [-0.39, 0.29) is 5.92 Å². The maximum Gasteiger partial charge on any atom is 0.231 e. The van der Waals surface area contributed by atoms with E-state index in [0.29, 0.717) is 13.3 Å². The fourth-order valence-corrected chi connectivity index (χ4v) is 3.88. The summed E-state index contributed by atoms with van der Waals surface area (Å²) in [7, 11) is 0. The van der Waals surface area contributed by atoms with Crippen molar-refractivity contribution in [1.82, 2.24) is 24.3 Å². The van der Waals surface area contributed by atoms with E-state index in [1.807, 2.05) is 18.5 Å². The predicted octanol–water partition coefficient (Wildman–Crippen LogP) is 2.54. The second-order valence-electron chi connectivity index (χ2n) is 6.99. The van der Waals surface area contributed by atoms with Gasteiger partial charge in [-0.3, -0.25) is 0 Å². The van der Waals surface area contributed by atoms with Crippen LogP contribution in [0.3, 0.4) is 0 Å². The SMILES string of the molecule is C[C@H](Cc1ccc2c(c1)OCO2)c1nccn1Cc1nnc2n1CCC2. The second-order valence-corrected chi connectivity index (χ2v) is 6.99. The number of imidazole rings is 1. The minimum atomic E-state index is 0.284. The van der Waals surface area contributed by atoms with Crippen LogP contribution in [0.15, 0.2) is 30.6 Å². The second kappa shape index (κ2) is 6.16. The van der Waals surface area contributed by atoms with Crippen LogP contribution in [-0.4, -0.2) is 31.1 Å². The third-order valence-electron chi connectivity index (χ3n) is 5.17. The van der Waals surface area contributed by atoms with Gasteiger partial charge in [-0.2, -0.15) is 0 Å². The molecule has 0 spiro atoms. The number of aromatic nitrogens is 5. The van der Waals surface area contributed by atoms with Crippen molar-refractivity contribution in [3.63, 3.8) is 0 Å². The fraction of sp³-hybridized carbons (Fsp3) is 0.421. The molecule has 0 saturated carbocycles. The molecule has 2 aliphatic rings. The summed E-state index contributed by atoms with van der Waals surface area (Å²) in [5.74, 6) is 5.13. The number of benzene rings is 1. The molecule has 4 heterocycles. The van der Waals surface area contributed by atoms with Crippen LogP contribution in [0.25, 0.3) is 0 Å². The molecule has 0 fully saturated rings. The number of ether oxygens (including phenoxy) is 2. The summed E-state index contributed by atoms with van der Waals surface area (Å²) in [5.41, 5.74) is 1.22. The topological polar surface area (TPSA) is 67.0 Å². The lowest BCUT2D eigenvalue weighted by Crippen LogP contribution is -2.13. The maximum atomic E-state index is 5.49. The third-order valence-corrected chi connectivity index (χ3v) is 5.17. The zero-order valence-corrected chi connectivity index (χ0v) is 14.8. The molecule has 134 valence electrons. The molecule has 7 nitrogen and oxygen atoms in total. The van der Waals surface area contributed by atoms with Crippen LogP contribution in [0, 0.1) is 0 Å². The van der Waals surface area contributed by atoms with Crippen molar-refractivity contribution in [1.29, 1.82) is 0 Å². The zero-order chi connectivity index (χ0) is 17.5. The quantitative estimate of drug-likeness (QED) is 0.707. The lowest BCUT2D eigenvalue weighted by Gasteiger charge is -2.14. The summed E-state index contributed by atoms with van der Waals surface area (Å²) in [6.45, 7) is 4.25. The van der Waals surface area contributed by atoms with E-state index in [1.54, 1.807) is 0 Å². The summed E-state index contributed by atoms with van der Waals surface area (Å²) in [6, 6.07) is 6.15. The highest BCUT2D eigenvalue weighted by atomic mass is 16.7. The monoisotopic (exact) mass is 351 g/mol. The lowest BCUT2D eigenvalue weighted by molar-refractivity contribution is 0.174. The van der Waals surface area contributed by atoms with Crippen LogP contribution >= 0.6 is 0 Å². The Labute approximate surface area is 151 Å². The number of aryl methyl sites for hydroxylation is 1. The van der Waals surface area contributed by atoms with Crippen molar-refractivity contribution < 1.29 is 9.47 Å². The molecular formula is C19H21N5O2. The van der Waals surface area contributed by atoms with Crippen molar-refractivity contribution in [3.05, 3.63) is 53.6 Å². The Morgan fingerprint density at radius 2 is 2.12 bits per heavy atom. The number of nitrogens with zero attached hydrogens (tertiary/aromatic N) is 5. The number of fused-ring (bicyclic) bond motifs is 2. The first kappa shape index (κ1) is 15.4. The van der Waals surface area contributed by atoms with Gasteiger partial charge >= 0.3 is 0 Å². The molecular weight excluding hydrogens is 330 g/mol. The minimum Gasteiger partial charge on any atom is -0.454 e. The Balaban J connectivity index is 1.35. The van der Waals surface area contributed by atoms with Crippen LogP contribution in [0.2, 0.25) is 0 Å². The summed E-state index contributed by atoms with van der Waals surface area (Å²) in [5, 5.41) is 8.68. The van der Waals surface area contributed by atoms with E-state index in [4.69, 9.17) is 9.47 Å². The van der Waals surface area contributed by atoms with Gasteiger partial charge in [-0.1, -0.05) is 13.0 Å². The molecule has 1 aromatic carbocycles. The molecule has 7 heteroatoms. The van der Waals surface area contributed by atoms with Crippen LogP contribution < -0.4 is 9.47 Å². The van der Waals surface area contributed by atoms with E-state index in [2.05, 4.69) is 43.4 Å². The lowest BCUT2D eigenvalue weighted by atomic mass is 10.00. The fourth-order valence-electron chi connectivity index (χ4n) is 3.88. The molecule has 26 heavy (non-hydrogen) atoms. The molecule has 3 aromatic rings. The average molecular weight is 351 g/mol. The van der Waals surface area contributed by atoms with Gasteiger partial charge in [0.05, 0.1) is 6.54 Å². The molecule has 0 amide bonds. The Kier molecular flexibility index (Phi) is 3.65. The van der Waals surface area contributed by atoms with Gasteiger partial charge in [0.2, 0.25) is 6.79 Å². The van der Waals surface area contributed by atoms with Crippen LogP contribution in [-0.2, 0) is 25.9 Å². The number of rotatable bonds is 5. The largest absolute Gasteiger partial charge is 0.454 e. The van der Waals surface area contributed by atoms with Crippen molar-refractivity contribution in [2.45, 2.75) is 45.2 Å². The highest BCUT2D eigenvalue weighted by Crippen LogP contribution is 2.33. The Morgan fingerprint density at radius 3 is 3.08 bits per heavy atom. The molecule has 0 bridgehead atoms. The van der Waals surface area contributed by atoms with E-state index >= 15 is 0 Å².